The summed E-state index contributed by atoms with van der Waals surface area (Å²) in [6.07, 6.45) is 2.42. The first kappa shape index (κ1) is 36.4. The second-order valence-electron chi connectivity index (χ2n) is 13.8. The summed E-state index contributed by atoms with van der Waals surface area (Å²) >= 11 is 0. The number of nitrogens with zero attached hydrogens (tertiary/aromatic N) is 5. The molecule has 4 aromatic carbocycles. The molecule has 11 heteroatoms. The Morgan fingerprint density at radius 1 is 0.889 bits per heavy atom. The molecule has 3 heterocycles. The van der Waals surface area contributed by atoms with E-state index in [1.807, 2.05) is 67.7 Å². The number of amides is 1. The summed E-state index contributed by atoms with van der Waals surface area (Å²) in [5.41, 5.74) is 6.96. The zero-order valence-corrected chi connectivity index (χ0v) is 30.8. The summed E-state index contributed by atoms with van der Waals surface area (Å²) in [4.78, 5) is 25.8. The van der Waals surface area contributed by atoms with E-state index in [0.717, 1.165) is 46.9 Å². The Balaban J connectivity index is 1.31. The minimum atomic E-state index is -0.610. The highest BCUT2D eigenvalue weighted by Crippen LogP contribution is 2.36. The van der Waals surface area contributed by atoms with Crippen LogP contribution in [0.2, 0.25) is 0 Å². The highest BCUT2D eigenvalue weighted by Gasteiger charge is 2.34. The summed E-state index contributed by atoms with van der Waals surface area (Å²) in [5, 5.41) is 9.87. The molecule has 0 aromatic heterocycles. The van der Waals surface area contributed by atoms with E-state index in [1.165, 1.54) is 18.2 Å². The van der Waals surface area contributed by atoms with Crippen LogP contribution in [-0.4, -0.2) is 61.4 Å². The van der Waals surface area contributed by atoms with Gasteiger partial charge < -0.3 is 35.6 Å². The first-order chi connectivity index (χ1) is 26.3. The predicted octanol–water partition coefficient (Wildman–Crippen LogP) is 7.66. The molecule has 3 aliphatic rings. The van der Waals surface area contributed by atoms with Crippen molar-refractivity contribution < 1.29 is 13.6 Å². The first-order valence-corrected chi connectivity index (χ1v) is 18.4. The van der Waals surface area contributed by atoms with Gasteiger partial charge in [-0.25, -0.2) is 13.8 Å². The average Bonchev–Trinajstić information content (AvgIpc) is 3.52. The molecule has 278 valence electrons. The SMILES string of the molecule is C=CC(=O)Nc1cccc(N2CNC3=C(N(Cc4ccccc4)Cc4ccccc4)CC(CC)=C(Nc4cc(F)c(N5CCN(C)CC5)c(F)c4)N=C32)c1. The van der Waals surface area contributed by atoms with Crippen LogP contribution in [-0.2, 0) is 17.9 Å². The lowest BCUT2D eigenvalue weighted by atomic mass is 10.0. The molecule has 2 saturated heterocycles. The van der Waals surface area contributed by atoms with Gasteiger partial charge in [0.2, 0.25) is 5.91 Å². The van der Waals surface area contributed by atoms with Crippen molar-refractivity contribution in [1.82, 2.24) is 15.1 Å². The number of amidine groups is 1. The fraction of sp³-hybridized carbons (Fsp3) is 0.256. The standard InChI is InChI=1S/C43H46F2N8O/c1-4-32-23-38(52(27-30-13-8-6-9-14-30)28-31-15-10-7-11-16-31)40-43(53(29-46-40)35-18-12-17-33(24-35)47-39(54)5-2)49-42(32)48-34-25-36(44)41(37(45)26-34)51-21-19-50(3)20-22-51/h5-18,24-26,46,48H,2,4,19-23,27-29H2,1,3H3,(H,47,54). The zero-order chi connectivity index (χ0) is 37.6. The largest absolute Gasteiger partial charge is 0.364 e. The minimum Gasteiger partial charge on any atom is -0.364 e. The van der Waals surface area contributed by atoms with Crippen molar-refractivity contribution >= 4 is 34.5 Å². The van der Waals surface area contributed by atoms with Crippen molar-refractivity contribution in [3.8, 4) is 0 Å². The summed E-state index contributed by atoms with van der Waals surface area (Å²) in [5.74, 6) is -0.333. The van der Waals surface area contributed by atoms with Gasteiger partial charge in [0.05, 0.1) is 12.4 Å². The minimum absolute atomic E-state index is 0.00354. The lowest BCUT2D eigenvalue weighted by Gasteiger charge is -2.34. The van der Waals surface area contributed by atoms with E-state index >= 15 is 8.78 Å². The van der Waals surface area contributed by atoms with E-state index in [4.69, 9.17) is 4.99 Å². The molecule has 0 radical (unpaired) electrons. The average molecular weight is 729 g/mol. The number of halogens is 2. The molecule has 0 aliphatic carbocycles. The number of carbonyl (C=O) groups is 1. The van der Waals surface area contributed by atoms with Gasteiger partial charge in [-0.3, -0.25) is 4.79 Å². The Morgan fingerprint density at radius 3 is 2.15 bits per heavy atom. The number of rotatable bonds is 12. The van der Waals surface area contributed by atoms with Crippen molar-refractivity contribution in [1.29, 1.82) is 0 Å². The van der Waals surface area contributed by atoms with Gasteiger partial charge in [-0.2, -0.15) is 0 Å². The van der Waals surface area contributed by atoms with Crippen LogP contribution in [0.4, 0.5) is 31.5 Å². The molecular formula is C43H46F2N8O. The van der Waals surface area contributed by atoms with E-state index in [0.29, 0.717) is 63.0 Å². The molecular weight excluding hydrogens is 683 g/mol. The Morgan fingerprint density at radius 2 is 1.54 bits per heavy atom. The third kappa shape index (κ3) is 8.16. The second kappa shape index (κ2) is 16.4. The lowest BCUT2D eigenvalue weighted by molar-refractivity contribution is -0.111. The fourth-order valence-corrected chi connectivity index (χ4v) is 7.15. The van der Waals surface area contributed by atoms with Crippen molar-refractivity contribution in [2.24, 2.45) is 4.99 Å². The zero-order valence-electron chi connectivity index (χ0n) is 30.8. The fourth-order valence-electron chi connectivity index (χ4n) is 7.15. The third-order valence-electron chi connectivity index (χ3n) is 10.1. The normalized spacial score (nSPS) is 16.0. The van der Waals surface area contributed by atoms with Crippen LogP contribution < -0.4 is 25.8 Å². The second-order valence-corrected chi connectivity index (χ2v) is 13.8. The molecule has 0 unspecified atom stereocenters. The number of hydrogen-bond acceptors (Lipinski definition) is 8. The highest BCUT2D eigenvalue weighted by molar-refractivity contribution is 6.13. The molecule has 0 saturated carbocycles. The van der Waals surface area contributed by atoms with Gasteiger partial charge in [-0.05, 0) is 66.6 Å². The van der Waals surface area contributed by atoms with E-state index in [9.17, 15) is 4.79 Å². The van der Waals surface area contributed by atoms with Crippen LogP contribution >= 0.6 is 0 Å². The first-order valence-electron chi connectivity index (χ1n) is 18.4. The summed E-state index contributed by atoms with van der Waals surface area (Å²) in [6, 6.07) is 31.0. The predicted molar refractivity (Wildman–Crippen MR) is 214 cm³/mol. The van der Waals surface area contributed by atoms with Crippen molar-refractivity contribution in [3.05, 3.63) is 155 Å². The van der Waals surface area contributed by atoms with Crippen molar-refractivity contribution in [2.45, 2.75) is 32.9 Å². The number of anilines is 4. The number of likely N-dealkylation sites (N-methyl/N-ethyl adjacent to an activating group) is 1. The molecule has 3 aliphatic heterocycles. The number of nitrogens with one attached hydrogen (secondary N) is 3. The maximum Gasteiger partial charge on any atom is 0.247 e. The quantitative estimate of drug-likeness (QED) is 0.129. The third-order valence-corrected chi connectivity index (χ3v) is 10.1. The maximum atomic E-state index is 15.8. The van der Waals surface area contributed by atoms with Crippen molar-refractivity contribution in [2.75, 3.05) is 60.3 Å². The smallest absolute Gasteiger partial charge is 0.247 e. The van der Waals surface area contributed by atoms with Crippen LogP contribution in [0.25, 0.3) is 0 Å². The number of carbonyl (C=O) groups excluding carboxylic acids is 1. The summed E-state index contributed by atoms with van der Waals surface area (Å²) in [6.45, 7) is 9.95. The number of piperazine rings is 1. The lowest BCUT2D eigenvalue weighted by Crippen LogP contribution is -2.45. The molecule has 9 nitrogen and oxygen atoms in total. The number of hydrogen-bond donors (Lipinski definition) is 3. The molecule has 0 bridgehead atoms. The number of benzene rings is 4. The summed E-state index contributed by atoms with van der Waals surface area (Å²) < 4.78 is 31.6. The van der Waals surface area contributed by atoms with Gasteiger partial charge >= 0.3 is 0 Å². The Hall–Kier alpha value is -5.94. The molecule has 4 aromatic rings. The van der Waals surface area contributed by atoms with E-state index < -0.39 is 11.6 Å². The number of fused-ring (bicyclic) bond motifs is 1. The van der Waals surface area contributed by atoms with Gasteiger partial charge in [0.1, 0.15) is 11.5 Å². The van der Waals surface area contributed by atoms with E-state index in [-0.39, 0.29) is 17.3 Å². The molecule has 2 fully saturated rings. The topological polar surface area (TPSA) is 78.5 Å². The highest BCUT2D eigenvalue weighted by atomic mass is 19.1. The van der Waals surface area contributed by atoms with Gasteiger partial charge in [0.15, 0.2) is 17.5 Å². The van der Waals surface area contributed by atoms with E-state index in [2.05, 4.69) is 68.4 Å². The van der Waals surface area contributed by atoms with Gasteiger partial charge in [-0.1, -0.05) is 80.2 Å². The van der Waals surface area contributed by atoms with Crippen molar-refractivity contribution in [3.63, 3.8) is 0 Å². The molecule has 0 spiro atoms. The monoisotopic (exact) mass is 728 g/mol. The summed E-state index contributed by atoms with van der Waals surface area (Å²) in [7, 11) is 2.01. The Labute approximate surface area is 316 Å². The maximum absolute atomic E-state index is 15.8. The van der Waals surface area contributed by atoms with E-state index in [1.54, 1.807) is 4.90 Å². The molecule has 1 amide bonds. The van der Waals surface area contributed by atoms with Crippen LogP contribution in [0, 0.1) is 11.6 Å². The van der Waals surface area contributed by atoms with Gasteiger partial charge in [-0.15, -0.1) is 0 Å². The molecule has 54 heavy (non-hydrogen) atoms. The van der Waals surface area contributed by atoms with Crippen LogP contribution in [0.15, 0.2) is 137 Å². The van der Waals surface area contributed by atoms with Crippen LogP contribution in [0.5, 0.6) is 0 Å². The van der Waals surface area contributed by atoms with Gasteiger partial charge in [0.25, 0.3) is 0 Å². The Bertz CT molecular complexity index is 2030. The Kier molecular flexibility index (Phi) is 11.1. The van der Waals surface area contributed by atoms with Crippen LogP contribution in [0.1, 0.15) is 30.9 Å². The van der Waals surface area contributed by atoms with Crippen LogP contribution in [0.3, 0.4) is 0 Å². The molecule has 3 N–H and O–H groups in total. The molecule has 0 atom stereocenters. The van der Waals surface area contributed by atoms with Gasteiger partial charge in [0, 0.05) is 68.4 Å². The number of allylic oxidation sites excluding steroid dienone is 1. The number of aliphatic imine (C=N–C) groups is 1. The molecule has 7 rings (SSSR count).